The Hall–Kier alpha value is -2.81. The minimum atomic E-state index is -4.47. The number of alkyl halides is 3. The smallest absolute Gasteiger partial charge is 0.322 e. The van der Waals surface area contributed by atoms with E-state index in [0.717, 1.165) is 40.9 Å². The largest absolute Gasteiger partial charge is 0.416 e. The second kappa shape index (κ2) is 7.43. The zero-order valence-corrected chi connectivity index (χ0v) is 14.6. The van der Waals surface area contributed by atoms with E-state index in [2.05, 4.69) is 5.32 Å². The lowest BCUT2D eigenvalue weighted by atomic mass is 10.1. The Morgan fingerprint density at radius 2 is 1.63 bits per heavy atom. The van der Waals surface area contributed by atoms with Crippen LogP contribution in [0.15, 0.2) is 48.5 Å². The number of anilines is 1. The summed E-state index contributed by atoms with van der Waals surface area (Å²) in [7, 11) is 0. The van der Waals surface area contributed by atoms with Crippen LogP contribution < -0.4 is 5.32 Å². The van der Waals surface area contributed by atoms with Crippen LogP contribution in [0.25, 0.3) is 0 Å². The fraction of sp³-hybridized carbons (Fsp3) is 0.167. The third kappa shape index (κ3) is 4.13. The number of hydrogen-bond acceptors (Lipinski definition) is 4. The molecule has 0 radical (unpaired) electrons. The van der Waals surface area contributed by atoms with Gasteiger partial charge in [0.1, 0.15) is 0 Å². The van der Waals surface area contributed by atoms with Gasteiger partial charge < -0.3 is 5.32 Å². The molecule has 0 aliphatic carbocycles. The van der Waals surface area contributed by atoms with Crippen molar-refractivity contribution in [3.8, 4) is 0 Å². The van der Waals surface area contributed by atoms with E-state index in [0.29, 0.717) is 5.75 Å². The highest BCUT2D eigenvalue weighted by Crippen LogP contribution is 2.30. The summed E-state index contributed by atoms with van der Waals surface area (Å²) in [4.78, 5) is 37.9. The Morgan fingerprint density at radius 3 is 2.19 bits per heavy atom. The van der Waals surface area contributed by atoms with Gasteiger partial charge in [-0.05, 0) is 36.4 Å². The first-order valence-electron chi connectivity index (χ1n) is 7.83. The molecule has 1 saturated heterocycles. The van der Waals surface area contributed by atoms with Gasteiger partial charge in [0, 0.05) is 18.0 Å². The molecule has 2 aromatic carbocycles. The summed E-state index contributed by atoms with van der Waals surface area (Å²) in [6, 6.07) is 9.94. The maximum Gasteiger partial charge on any atom is 0.416 e. The molecule has 3 amide bonds. The predicted molar refractivity (Wildman–Crippen MR) is 94.7 cm³/mol. The number of rotatable bonds is 3. The molecule has 0 spiro atoms. The van der Waals surface area contributed by atoms with Gasteiger partial charge in [-0.3, -0.25) is 19.3 Å². The summed E-state index contributed by atoms with van der Waals surface area (Å²) in [5.41, 5.74) is -0.589. The molecule has 0 bridgehead atoms. The van der Waals surface area contributed by atoms with Gasteiger partial charge in [-0.1, -0.05) is 23.9 Å². The summed E-state index contributed by atoms with van der Waals surface area (Å²) in [5.74, 6) is -0.744. The summed E-state index contributed by atoms with van der Waals surface area (Å²) in [6.45, 7) is 0.261. The van der Waals surface area contributed by atoms with Gasteiger partial charge in [0.05, 0.1) is 16.7 Å². The highest BCUT2D eigenvalue weighted by Gasteiger charge is 2.31. The number of imide groups is 1. The molecule has 27 heavy (non-hydrogen) atoms. The number of hydrogen-bond donors (Lipinski definition) is 1. The molecule has 5 nitrogen and oxygen atoms in total. The van der Waals surface area contributed by atoms with Gasteiger partial charge in [0.2, 0.25) is 0 Å². The van der Waals surface area contributed by atoms with Gasteiger partial charge in [-0.15, -0.1) is 0 Å². The fourth-order valence-electron chi connectivity index (χ4n) is 2.53. The number of amides is 3. The van der Waals surface area contributed by atoms with Crippen molar-refractivity contribution in [1.29, 1.82) is 0 Å². The van der Waals surface area contributed by atoms with E-state index in [-0.39, 0.29) is 28.6 Å². The fourth-order valence-corrected chi connectivity index (χ4v) is 3.31. The van der Waals surface area contributed by atoms with E-state index in [1.54, 1.807) is 12.1 Å². The van der Waals surface area contributed by atoms with Crippen LogP contribution in [-0.2, 0) is 6.18 Å². The van der Waals surface area contributed by atoms with Crippen molar-refractivity contribution in [2.75, 3.05) is 17.6 Å². The molecule has 1 heterocycles. The molecule has 1 aliphatic heterocycles. The van der Waals surface area contributed by atoms with E-state index in [1.807, 2.05) is 0 Å². The molecule has 1 fully saturated rings. The van der Waals surface area contributed by atoms with E-state index >= 15 is 0 Å². The molecule has 140 valence electrons. The van der Waals surface area contributed by atoms with Crippen LogP contribution in [0.4, 0.5) is 23.7 Å². The van der Waals surface area contributed by atoms with Crippen LogP contribution in [0, 0.1) is 0 Å². The van der Waals surface area contributed by atoms with Gasteiger partial charge in [-0.25, -0.2) is 0 Å². The summed E-state index contributed by atoms with van der Waals surface area (Å²) in [6.07, 6.45) is -4.47. The Balaban J connectivity index is 1.81. The van der Waals surface area contributed by atoms with Crippen LogP contribution in [0.5, 0.6) is 0 Å². The number of nitrogens with one attached hydrogen (secondary N) is 1. The topological polar surface area (TPSA) is 66.5 Å². The number of nitrogens with zero attached hydrogens (tertiary/aromatic N) is 1. The minimum absolute atomic E-state index is 0.0343. The lowest BCUT2D eigenvalue weighted by Crippen LogP contribution is -2.32. The second-order valence-corrected chi connectivity index (χ2v) is 6.69. The zero-order chi connectivity index (χ0) is 19.6. The SMILES string of the molecule is O=C(Nc1ccc(C(F)(F)F)cc1)c1ccccc1C(=O)N1CCSC1=O. The average Bonchev–Trinajstić information content (AvgIpc) is 3.06. The minimum Gasteiger partial charge on any atom is -0.322 e. The van der Waals surface area contributed by atoms with Crippen molar-refractivity contribution in [1.82, 2.24) is 4.90 Å². The number of benzene rings is 2. The highest BCUT2D eigenvalue weighted by atomic mass is 32.2. The Labute approximate surface area is 156 Å². The molecular weight excluding hydrogens is 381 g/mol. The van der Waals surface area contributed by atoms with Gasteiger partial charge >= 0.3 is 6.18 Å². The predicted octanol–water partition coefficient (Wildman–Crippen LogP) is 4.27. The van der Waals surface area contributed by atoms with Crippen molar-refractivity contribution >= 4 is 34.5 Å². The summed E-state index contributed by atoms with van der Waals surface area (Å²) in [5, 5.41) is 2.09. The Morgan fingerprint density at radius 1 is 1.00 bits per heavy atom. The molecular formula is C18H13F3N2O3S. The normalized spacial score (nSPS) is 14.3. The van der Waals surface area contributed by atoms with Crippen LogP contribution in [0.1, 0.15) is 26.3 Å². The van der Waals surface area contributed by atoms with Crippen molar-refractivity contribution in [2.24, 2.45) is 0 Å². The van der Waals surface area contributed by atoms with E-state index in [9.17, 15) is 27.6 Å². The maximum atomic E-state index is 12.6. The van der Waals surface area contributed by atoms with Crippen LogP contribution >= 0.6 is 11.8 Å². The Kier molecular flexibility index (Phi) is 5.22. The third-order valence-electron chi connectivity index (χ3n) is 3.88. The van der Waals surface area contributed by atoms with Crippen LogP contribution in [-0.4, -0.2) is 34.3 Å². The molecule has 0 atom stereocenters. The molecule has 2 aromatic rings. The third-order valence-corrected chi connectivity index (χ3v) is 4.73. The lowest BCUT2D eigenvalue weighted by molar-refractivity contribution is -0.137. The monoisotopic (exact) mass is 394 g/mol. The van der Waals surface area contributed by atoms with E-state index < -0.39 is 23.6 Å². The zero-order valence-electron chi connectivity index (χ0n) is 13.7. The van der Waals surface area contributed by atoms with Crippen LogP contribution in [0.3, 0.4) is 0 Å². The van der Waals surface area contributed by atoms with Crippen molar-refractivity contribution in [3.05, 3.63) is 65.2 Å². The summed E-state index contributed by atoms with van der Waals surface area (Å²) >= 11 is 1.02. The van der Waals surface area contributed by atoms with Crippen molar-refractivity contribution < 1.29 is 27.6 Å². The first-order valence-corrected chi connectivity index (χ1v) is 8.82. The maximum absolute atomic E-state index is 12.6. The van der Waals surface area contributed by atoms with E-state index in [1.165, 1.54) is 12.1 Å². The van der Waals surface area contributed by atoms with Gasteiger partial charge in [0.25, 0.3) is 17.1 Å². The average molecular weight is 394 g/mol. The van der Waals surface area contributed by atoms with Crippen molar-refractivity contribution in [2.45, 2.75) is 6.18 Å². The Bertz CT molecular complexity index is 897. The number of carbonyl (C=O) groups is 3. The standard InChI is InChI=1S/C18H13F3N2O3S/c19-18(20,21)11-5-7-12(8-6-11)22-15(24)13-3-1-2-4-14(13)16(25)23-9-10-27-17(23)26/h1-8H,9-10H2,(H,22,24). The summed E-state index contributed by atoms with van der Waals surface area (Å²) < 4.78 is 37.8. The van der Waals surface area contributed by atoms with Crippen molar-refractivity contribution in [3.63, 3.8) is 0 Å². The quantitative estimate of drug-likeness (QED) is 0.845. The first kappa shape index (κ1) is 19.0. The molecule has 0 aromatic heterocycles. The number of thioether (sulfide) groups is 1. The number of halogens is 3. The molecule has 1 N–H and O–H groups in total. The second-order valence-electron chi connectivity index (χ2n) is 5.65. The molecule has 9 heteroatoms. The molecule has 3 rings (SSSR count). The van der Waals surface area contributed by atoms with Gasteiger partial charge in [-0.2, -0.15) is 13.2 Å². The molecule has 0 saturated carbocycles. The molecule has 1 aliphatic rings. The van der Waals surface area contributed by atoms with Gasteiger partial charge in [0.15, 0.2) is 0 Å². The number of carbonyl (C=O) groups excluding carboxylic acids is 3. The lowest BCUT2D eigenvalue weighted by Gasteiger charge is -2.15. The highest BCUT2D eigenvalue weighted by molar-refractivity contribution is 8.13. The van der Waals surface area contributed by atoms with E-state index in [4.69, 9.17) is 0 Å². The van der Waals surface area contributed by atoms with Crippen LogP contribution in [0.2, 0.25) is 0 Å². The first-order chi connectivity index (χ1) is 12.8. The molecule has 0 unspecified atom stereocenters.